The standard InChI is InChI=1S/C10H5Cl2N3/c11-6-2-1-3-7-8(6)9-13-4-5-15(9)10(12)14-7/h1-5H. The summed E-state index contributed by atoms with van der Waals surface area (Å²) in [5.74, 6) is 0. The van der Waals surface area contributed by atoms with Crippen molar-refractivity contribution in [2.24, 2.45) is 0 Å². The zero-order valence-corrected chi connectivity index (χ0v) is 9.00. The lowest BCUT2D eigenvalue weighted by molar-refractivity contribution is 1.12. The number of hydrogen-bond donors (Lipinski definition) is 0. The Balaban J connectivity index is 2.68. The van der Waals surface area contributed by atoms with Crippen molar-refractivity contribution in [1.82, 2.24) is 14.4 Å². The van der Waals surface area contributed by atoms with Gasteiger partial charge >= 0.3 is 0 Å². The van der Waals surface area contributed by atoms with E-state index < -0.39 is 0 Å². The van der Waals surface area contributed by atoms with Gasteiger partial charge in [0.15, 0.2) is 0 Å². The zero-order valence-electron chi connectivity index (χ0n) is 7.48. The fourth-order valence-corrected chi connectivity index (χ4v) is 2.10. The van der Waals surface area contributed by atoms with Crippen LogP contribution in [0.4, 0.5) is 0 Å². The Labute approximate surface area is 95.3 Å². The third-order valence-electron chi connectivity index (χ3n) is 2.27. The van der Waals surface area contributed by atoms with Gasteiger partial charge < -0.3 is 0 Å². The molecule has 0 spiro atoms. The summed E-state index contributed by atoms with van der Waals surface area (Å²) in [7, 11) is 0. The van der Waals surface area contributed by atoms with E-state index in [0.717, 1.165) is 16.6 Å². The van der Waals surface area contributed by atoms with Crippen LogP contribution in [0.15, 0.2) is 30.6 Å². The lowest BCUT2D eigenvalue weighted by Crippen LogP contribution is -1.92. The summed E-state index contributed by atoms with van der Waals surface area (Å²) in [5.41, 5.74) is 1.49. The van der Waals surface area contributed by atoms with Crippen LogP contribution in [0.3, 0.4) is 0 Å². The minimum atomic E-state index is 0.386. The highest BCUT2D eigenvalue weighted by Crippen LogP contribution is 2.27. The van der Waals surface area contributed by atoms with Crippen LogP contribution in [-0.2, 0) is 0 Å². The van der Waals surface area contributed by atoms with Gasteiger partial charge in [-0.15, -0.1) is 0 Å². The van der Waals surface area contributed by atoms with Crippen molar-refractivity contribution in [3.05, 3.63) is 40.9 Å². The van der Waals surface area contributed by atoms with Crippen LogP contribution < -0.4 is 0 Å². The van der Waals surface area contributed by atoms with Gasteiger partial charge in [-0.05, 0) is 23.7 Å². The van der Waals surface area contributed by atoms with Crippen LogP contribution in [0.2, 0.25) is 10.3 Å². The van der Waals surface area contributed by atoms with Crippen LogP contribution >= 0.6 is 23.2 Å². The molecule has 0 fully saturated rings. The molecule has 0 bridgehead atoms. The summed E-state index contributed by atoms with van der Waals surface area (Å²) in [6, 6.07) is 5.52. The van der Waals surface area contributed by atoms with Crippen LogP contribution in [0, 0.1) is 0 Å². The lowest BCUT2D eigenvalue weighted by atomic mass is 10.2. The second-order valence-electron chi connectivity index (χ2n) is 3.14. The van der Waals surface area contributed by atoms with Crippen LogP contribution in [0.1, 0.15) is 0 Å². The van der Waals surface area contributed by atoms with Gasteiger partial charge in [-0.2, -0.15) is 0 Å². The first kappa shape index (κ1) is 8.95. The maximum atomic E-state index is 6.11. The van der Waals surface area contributed by atoms with Gasteiger partial charge in [0.1, 0.15) is 5.65 Å². The second-order valence-corrected chi connectivity index (χ2v) is 3.88. The number of imidazole rings is 1. The van der Waals surface area contributed by atoms with Gasteiger partial charge in [-0.3, -0.25) is 4.40 Å². The molecule has 3 aromatic rings. The van der Waals surface area contributed by atoms with Crippen molar-refractivity contribution in [3.8, 4) is 0 Å². The SMILES string of the molecule is Clc1cccc2nc(Cl)n3ccnc3c12. The first-order valence-electron chi connectivity index (χ1n) is 4.34. The molecule has 0 amide bonds. The maximum absolute atomic E-state index is 6.11. The Morgan fingerprint density at radius 2 is 2.07 bits per heavy atom. The maximum Gasteiger partial charge on any atom is 0.209 e. The molecule has 0 unspecified atom stereocenters. The molecule has 2 aromatic heterocycles. The largest absolute Gasteiger partial charge is 0.274 e. The highest BCUT2D eigenvalue weighted by Gasteiger charge is 2.09. The van der Waals surface area contributed by atoms with Crippen molar-refractivity contribution < 1.29 is 0 Å². The smallest absolute Gasteiger partial charge is 0.209 e. The summed E-state index contributed by atoms with van der Waals surface area (Å²) < 4.78 is 1.70. The van der Waals surface area contributed by atoms with Crippen LogP contribution in [0.5, 0.6) is 0 Å². The van der Waals surface area contributed by atoms with Crippen LogP contribution in [0.25, 0.3) is 16.6 Å². The molecule has 0 saturated carbocycles. The second kappa shape index (κ2) is 3.08. The molecule has 15 heavy (non-hydrogen) atoms. The molecule has 0 aliphatic heterocycles. The summed E-state index contributed by atoms with van der Waals surface area (Å²) >= 11 is 12.1. The predicted octanol–water partition coefficient (Wildman–Crippen LogP) is 3.19. The van der Waals surface area contributed by atoms with Crippen molar-refractivity contribution in [3.63, 3.8) is 0 Å². The fraction of sp³-hybridized carbons (Fsp3) is 0. The van der Waals surface area contributed by atoms with E-state index in [1.165, 1.54) is 0 Å². The Morgan fingerprint density at radius 1 is 1.20 bits per heavy atom. The molecule has 3 rings (SSSR count). The van der Waals surface area contributed by atoms with Crippen molar-refractivity contribution in [1.29, 1.82) is 0 Å². The molecule has 0 aliphatic rings. The van der Waals surface area contributed by atoms with Crippen molar-refractivity contribution in [2.45, 2.75) is 0 Å². The minimum Gasteiger partial charge on any atom is -0.274 e. The van der Waals surface area contributed by atoms with Gasteiger partial charge in [0.25, 0.3) is 0 Å². The monoisotopic (exact) mass is 237 g/mol. The number of nitrogens with zero attached hydrogens (tertiary/aromatic N) is 3. The van der Waals surface area contributed by atoms with E-state index >= 15 is 0 Å². The molecule has 3 nitrogen and oxygen atoms in total. The van der Waals surface area contributed by atoms with Gasteiger partial charge in [-0.1, -0.05) is 17.7 Å². The van der Waals surface area contributed by atoms with Gasteiger partial charge in [0, 0.05) is 12.4 Å². The quantitative estimate of drug-likeness (QED) is 0.563. The average molecular weight is 238 g/mol. The molecule has 2 heterocycles. The molecule has 1 aromatic carbocycles. The Kier molecular flexibility index (Phi) is 1.84. The molecule has 0 aliphatic carbocycles. The Bertz CT molecular complexity index is 660. The Hall–Kier alpha value is -1.32. The molecule has 0 saturated heterocycles. The normalized spacial score (nSPS) is 11.3. The highest BCUT2D eigenvalue weighted by molar-refractivity contribution is 6.37. The topological polar surface area (TPSA) is 30.2 Å². The third kappa shape index (κ3) is 1.20. The van der Waals surface area contributed by atoms with E-state index in [2.05, 4.69) is 9.97 Å². The number of halogens is 2. The molecule has 5 heteroatoms. The summed E-state index contributed by atoms with van der Waals surface area (Å²) in [6.07, 6.45) is 3.43. The average Bonchev–Trinajstić information content (AvgIpc) is 2.66. The number of hydrogen-bond acceptors (Lipinski definition) is 2. The van der Waals surface area contributed by atoms with E-state index in [1.807, 2.05) is 18.2 Å². The summed E-state index contributed by atoms with van der Waals surface area (Å²) in [4.78, 5) is 8.46. The number of rotatable bonds is 0. The summed E-state index contributed by atoms with van der Waals surface area (Å²) in [5, 5.41) is 1.85. The van der Waals surface area contributed by atoms with Gasteiger partial charge in [0.05, 0.1) is 15.9 Å². The van der Waals surface area contributed by atoms with E-state index in [1.54, 1.807) is 16.8 Å². The lowest BCUT2D eigenvalue weighted by Gasteiger charge is -2.03. The van der Waals surface area contributed by atoms with E-state index in [0.29, 0.717) is 10.3 Å². The molecule has 0 radical (unpaired) electrons. The third-order valence-corrected chi connectivity index (χ3v) is 2.85. The zero-order chi connectivity index (χ0) is 10.4. The first-order valence-corrected chi connectivity index (χ1v) is 5.10. The number of aromatic nitrogens is 3. The first-order chi connectivity index (χ1) is 7.27. The predicted molar refractivity (Wildman–Crippen MR) is 60.5 cm³/mol. The Morgan fingerprint density at radius 3 is 2.93 bits per heavy atom. The molecule has 0 atom stereocenters. The van der Waals surface area contributed by atoms with Gasteiger partial charge in [0.2, 0.25) is 5.28 Å². The molecular weight excluding hydrogens is 233 g/mol. The fourth-order valence-electron chi connectivity index (χ4n) is 1.62. The summed E-state index contributed by atoms with van der Waals surface area (Å²) in [6.45, 7) is 0. The number of benzene rings is 1. The van der Waals surface area contributed by atoms with Crippen molar-refractivity contribution in [2.75, 3.05) is 0 Å². The van der Waals surface area contributed by atoms with Crippen molar-refractivity contribution >= 4 is 39.8 Å². The molecule has 0 N–H and O–H groups in total. The van der Waals surface area contributed by atoms with E-state index in [-0.39, 0.29) is 0 Å². The number of fused-ring (bicyclic) bond motifs is 3. The van der Waals surface area contributed by atoms with Crippen LogP contribution in [-0.4, -0.2) is 14.4 Å². The van der Waals surface area contributed by atoms with E-state index in [9.17, 15) is 0 Å². The van der Waals surface area contributed by atoms with E-state index in [4.69, 9.17) is 23.2 Å². The van der Waals surface area contributed by atoms with Gasteiger partial charge in [-0.25, -0.2) is 9.97 Å². The highest BCUT2D eigenvalue weighted by atomic mass is 35.5. The molecule has 74 valence electrons. The minimum absolute atomic E-state index is 0.386. The molecular formula is C10H5Cl2N3.